The van der Waals surface area contributed by atoms with Gasteiger partial charge in [0.15, 0.2) is 0 Å². The lowest BCUT2D eigenvalue weighted by atomic mass is 10.3. The molecular weight excluding hydrogens is 393 g/mol. The van der Waals surface area contributed by atoms with E-state index < -0.39 is 0 Å². The minimum absolute atomic E-state index is 0.782. The Kier molecular flexibility index (Phi) is 4.09. The third kappa shape index (κ3) is 3.22. The van der Waals surface area contributed by atoms with Gasteiger partial charge in [-0.3, -0.25) is 4.68 Å². The Balaban J connectivity index is 2.07. The quantitative estimate of drug-likeness (QED) is 0.789. The number of aryl methyl sites for hydroxylation is 2. The lowest BCUT2D eigenvalue weighted by Crippen LogP contribution is -2.05. The number of halogens is 2. The van der Waals surface area contributed by atoms with E-state index in [0.29, 0.717) is 0 Å². The van der Waals surface area contributed by atoms with Crippen molar-refractivity contribution in [1.29, 1.82) is 0 Å². The highest BCUT2D eigenvalue weighted by Crippen LogP contribution is 2.23. The molecular formula is C12H13BrIN3. The maximum Gasteiger partial charge on any atom is 0.0597 e. The van der Waals surface area contributed by atoms with Crippen molar-refractivity contribution in [3.8, 4) is 0 Å². The molecule has 0 radical (unpaired) electrons. The van der Waals surface area contributed by atoms with Crippen LogP contribution in [0.5, 0.6) is 0 Å². The van der Waals surface area contributed by atoms with E-state index in [2.05, 4.69) is 73.2 Å². The lowest BCUT2D eigenvalue weighted by Gasteiger charge is -2.07. The van der Waals surface area contributed by atoms with Gasteiger partial charge in [-0.2, -0.15) is 5.10 Å². The first-order chi connectivity index (χ1) is 8.06. The maximum atomic E-state index is 4.32. The normalized spacial score (nSPS) is 10.6. The van der Waals surface area contributed by atoms with Crippen LogP contribution < -0.4 is 5.32 Å². The zero-order valence-electron chi connectivity index (χ0n) is 9.67. The van der Waals surface area contributed by atoms with Crippen LogP contribution in [0, 0.1) is 10.5 Å². The number of rotatable bonds is 3. The fourth-order valence-corrected chi connectivity index (χ4v) is 2.34. The number of aromatic nitrogens is 2. The standard InChI is InChI=1S/C12H13BrIN3/c1-8-5-10(17(2)16-8)7-15-9-3-4-12(14)11(13)6-9/h3-6,15H,7H2,1-2H3. The number of hydrogen-bond acceptors (Lipinski definition) is 2. The highest BCUT2D eigenvalue weighted by molar-refractivity contribution is 14.1. The zero-order chi connectivity index (χ0) is 12.4. The first-order valence-electron chi connectivity index (χ1n) is 5.24. The fraction of sp³-hybridized carbons (Fsp3) is 0.250. The third-order valence-electron chi connectivity index (χ3n) is 2.49. The SMILES string of the molecule is Cc1cc(CNc2ccc(I)c(Br)c2)n(C)n1. The second-order valence-electron chi connectivity index (χ2n) is 3.88. The van der Waals surface area contributed by atoms with Gasteiger partial charge in [-0.25, -0.2) is 0 Å². The predicted molar refractivity (Wildman–Crippen MR) is 82.1 cm³/mol. The Hall–Kier alpha value is -0.560. The van der Waals surface area contributed by atoms with Gasteiger partial charge in [-0.05, 0) is 69.7 Å². The summed E-state index contributed by atoms with van der Waals surface area (Å²) in [6, 6.07) is 8.34. The average Bonchev–Trinajstić information content (AvgIpc) is 2.59. The van der Waals surface area contributed by atoms with Gasteiger partial charge in [0.1, 0.15) is 0 Å². The highest BCUT2D eigenvalue weighted by Gasteiger charge is 2.02. The molecule has 5 heteroatoms. The number of nitrogens with one attached hydrogen (secondary N) is 1. The fourth-order valence-electron chi connectivity index (χ4n) is 1.63. The molecule has 0 saturated heterocycles. The smallest absolute Gasteiger partial charge is 0.0597 e. The number of hydrogen-bond donors (Lipinski definition) is 1. The molecule has 0 amide bonds. The molecule has 0 atom stereocenters. The van der Waals surface area contributed by atoms with Crippen molar-refractivity contribution < 1.29 is 0 Å². The van der Waals surface area contributed by atoms with Crippen LogP contribution in [0.1, 0.15) is 11.4 Å². The summed E-state index contributed by atoms with van der Waals surface area (Å²) in [4.78, 5) is 0. The largest absolute Gasteiger partial charge is 0.379 e. The Morgan fingerprint density at radius 3 is 2.76 bits per heavy atom. The molecule has 3 nitrogen and oxygen atoms in total. The van der Waals surface area contributed by atoms with Gasteiger partial charge in [0.25, 0.3) is 0 Å². The second kappa shape index (κ2) is 5.39. The van der Waals surface area contributed by atoms with Gasteiger partial charge in [0.2, 0.25) is 0 Å². The molecule has 2 rings (SSSR count). The minimum Gasteiger partial charge on any atom is -0.379 e. The molecule has 1 aromatic carbocycles. The molecule has 1 heterocycles. The van der Waals surface area contributed by atoms with Crippen LogP contribution in [0.15, 0.2) is 28.7 Å². The Morgan fingerprint density at radius 2 is 2.18 bits per heavy atom. The van der Waals surface area contributed by atoms with Crippen LogP contribution >= 0.6 is 38.5 Å². The van der Waals surface area contributed by atoms with Crippen LogP contribution in [0.3, 0.4) is 0 Å². The van der Waals surface area contributed by atoms with E-state index in [1.165, 1.54) is 9.26 Å². The Morgan fingerprint density at radius 1 is 1.41 bits per heavy atom. The molecule has 17 heavy (non-hydrogen) atoms. The van der Waals surface area contributed by atoms with Gasteiger partial charge in [0, 0.05) is 20.8 Å². The monoisotopic (exact) mass is 405 g/mol. The van der Waals surface area contributed by atoms with Gasteiger partial charge in [-0.15, -0.1) is 0 Å². The lowest BCUT2D eigenvalue weighted by molar-refractivity contribution is 0.713. The average molecular weight is 406 g/mol. The van der Waals surface area contributed by atoms with Crippen molar-refractivity contribution in [3.63, 3.8) is 0 Å². The molecule has 0 aliphatic heterocycles. The van der Waals surface area contributed by atoms with Crippen LogP contribution in [0.4, 0.5) is 5.69 Å². The molecule has 0 fully saturated rings. The number of anilines is 1. The summed E-state index contributed by atoms with van der Waals surface area (Å²) in [7, 11) is 1.97. The van der Waals surface area contributed by atoms with E-state index >= 15 is 0 Å². The summed E-state index contributed by atoms with van der Waals surface area (Å²) in [5.74, 6) is 0. The number of nitrogens with zero attached hydrogens (tertiary/aromatic N) is 2. The summed E-state index contributed by atoms with van der Waals surface area (Å²) < 4.78 is 4.23. The third-order valence-corrected chi connectivity index (χ3v) is 4.83. The van der Waals surface area contributed by atoms with E-state index in [1.54, 1.807) is 0 Å². The van der Waals surface area contributed by atoms with Crippen molar-refractivity contribution in [2.45, 2.75) is 13.5 Å². The molecule has 0 unspecified atom stereocenters. The molecule has 2 aromatic rings. The molecule has 0 aliphatic carbocycles. The summed E-state index contributed by atoms with van der Waals surface area (Å²) >= 11 is 5.83. The molecule has 0 aliphatic rings. The highest BCUT2D eigenvalue weighted by atomic mass is 127. The molecule has 0 bridgehead atoms. The van der Waals surface area contributed by atoms with E-state index in [-0.39, 0.29) is 0 Å². The van der Waals surface area contributed by atoms with E-state index in [0.717, 1.165) is 22.4 Å². The summed E-state index contributed by atoms with van der Waals surface area (Å²) in [5, 5.41) is 7.71. The van der Waals surface area contributed by atoms with Crippen LogP contribution in [0.2, 0.25) is 0 Å². The van der Waals surface area contributed by atoms with Gasteiger partial charge in [-0.1, -0.05) is 0 Å². The predicted octanol–water partition coefficient (Wildman–Crippen LogP) is 3.71. The van der Waals surface area contributed by atoms with E-state index in [9.17, 15) is 0 Å². The zero-order valence-corrected chi connectivity index (χ0v) is 13.4. The molecule has 1 aromatic heterocycles. The van der Waals surface area contributed by atoms with Crippen LogP contribution in [0.25, 0.3) is 0 Å². The van der Waals surface area contributed by atoms with E-state index in [4.69, 9.17) is 0 Å². The summed E-state index contributed by atoms with van der Waals surface area (Å²) in [6.07, 6.45) is 0. The van der Waals surface area contributed by atoms with Crippen LogP contribution in [-0.4, -0.2) is 9.78 Å². The summed E-state index contributed by atoms with van der Waals surface area (Å²) in [6.45, 7) is 2.79. The first kappa shape index (κ1) is 12.9. The van der Waals surface area contributed by atoms with Gasteiger partial charge >= 0.3 is 0 Å². The summed E-state index contributed by atoms with van der Waals surface area (Å²) in [5.41, 5.74) is 3.33. The second-order valence-corrected chi connectivity index (χ2v) is 5.90. The van der Waals surface area contributed by atoms with Crippen LogP contribution in [-0.2, 0) is 13.6 Å². The maximum absolute atomic E-state index is 4.32. The van der Waals surface area contributed by atoms with E-state index in [1.807, 2.05) is 18.7 Å². The minimum atomic E-state index is 0.782. The number of benzene rings is 1. The van der Waals surface area contributed by atoms with Crippen molar-refractivity contribution >= 4 is 44.2 Å². The topological polar surface area (TPSA) is 29.9 Å². The van der Waals surface area contributed by atoms with Gasteiger partial charge in [0.05, 0.1) is 17.9 Å². The Labute approximate surface area is 123 Å². The van der Waals surface area contributed by atoms with Crippen molar-refractivity contribution in [3.05, 3.63) is 43.7 Å². The van der Waals surface area contributed by atoms with Crippen molar-refractivity contribution in [2.75, 3.05) is 5.32 Å². The van der Waals surface area contributed by atoms with Gasteiger partial charge < -0.3 is 5.32 Å². The molecule has 0 spiro atoms. The van der Waals surface area contributed by atoms with Crippen molar-refractivity contribution in [1.82, 2.24) is 9.78 Å². The molecule has 90 valence electrons. The first-order valence-corrected chi connectivity index (χ1v) is 7.12. The molecule has 1 N–H and O–H groups in total. The Bertz CT molecular complexity index is 537. The molecule has 0 saturated carbocycles. The van der Waals surface area contributed by atoms with Crippen molar-refractivity contribution in [2.24, 2.45) is 7.05 Å².